The summed E-state index contributed by atoms with van der Waals surface area (Å²) in [7, 11) is 0. The van der Waals surface area contributed by atoms with Crippen LogP contribution in [0.5, 0.6) is 0 Å². The lowest BCUT2D eigenvalue weighted by atomic mass is 10.1. The molecule has 1 unspecified atom stereocenters. The van der Waals surface area contributed by atoms with E-state index in [2.05, 4.69) is 17.6 Å². The Labute approximate surface area is 66.1 Å². The summed E-state index contributed by atoms with van der Waals surface area (Å²) in [6.45, 7) is 3.66. The molecule has 11 heavy (non-hydrogen) atoms. The number of rotatable bonds is 0. The number of hydrogen-bond donors (Lipinski definition) is 0. The van der Waals surface area contributed by atoms with Crippen LogP contribution in [0.15, 0.2) is 29.3 Å². The molecule has 0 aromatic carbocycles. The van der Waals surface area contributed by atoms with Crippen LogP contribution in [-0.2, 0) is 0 Å². The summed E-state index contributed by atoms with van der Waals surface area (Å²) in [5.41, 5.74) is 3.05. The predicted octanol–water partition coefficient (Wildman–Crippen LogP) is 2.59. The molecule has 0 fully saturated rings. The zero-order valence-corrected chi connectivity index (χ0v) is 6.61. The van der Waals surface area contributed by atoms with E-state index in [9.17, 15) is 4.39 Å². The Balaban J connectivity index is 3.10. The molecule has 0 nitrogen and oxygen atoms in total. The second-order valence-electron chi connectivity index (χ2n) is 2.53. The Kier molecular flexibility index (Phi) is 2.31. The molecule has 0 bridgehead atoms. The lowest BCUT2D eigenvalue weighted by molar-refractivity contribution is 0.650. The Morgan fingerprint density at radius 3 is 3.00 bits per heavy atom. The summed E-state index contributed by atoms with van der Waals surface area (Å²) in [5.74, 6) is 5.42. The van der Waals surface area contributed by atoms with Crippen molar-refractivity contribution in [2.45, 2.75) is 13.8 Å². The monoisotopic (exact) mass is 148 g/mol. The fourth-order valence-corrected chi connectivity index (χ4v) is 0.876. The minimum atomic E-state index is -0.314. The molecule has 0 spiro atoms. The van der Waals surface area contributed by atoms with Crippen LogP contribution in [0, 0.1) is 17.8 Å². The summed E-state index contributed by atoms with van der Waals surface area (Å²) in [6, 6.07) is 0. The van der Waals surface area contributed by atoms with Crippen molar-refractivity contribution in [1.29, 1.82) is 0 Å². The number of allylic oxidation sites excluding steroid dienone is 3. The summed E-state index contributed by atoms with van der Waals surface area (Å²) in [6.07, 6.45) is 3.21. The van der Waals surface area contributed by atoms with Gasteiger partial charge in [0, 0.05) is 12.0 Å². The van der Waals surface area contributed by atoms with Crippen LogP contribution < -0.4 is 0 Å². The number of hydrogen-bond acceptors (Lipinski definition) is 0. The topological polar surface area (TPSA) is 0 Å². The maximum atomic E-state index is 12.8. The maximum absolute atomic E-state index is 12.8. The Morgan fingerprint density at radius 2 is 2.27 bits per heavy atom. The van der Waals surface area contributed by atoms with Crippen molar-refractivity contribution in [2.75, 3.05) is 0 Å². The lowest BCUT2D eigenvalue weighted by Crippen LogP contribution is -1.88. The van der Waals surface area contributed by atoms with Gasteiger partial charge in [0.1, 0.15) is 0 Å². The van der Waals surface area contributed by atoms with Crippen molar-refractivity contribution >= 4 is 0 Å². The molecule has 56 valence electrons. The molecular weight excluding hydrogens is 139 g/mol. The third kappa shape index (κ3) is 2.11. The largest absolute Gasteiger partial charge is 0.197 e. The molecule has 0 saturated carbocycles. The maximum Gasteiger partial charge on any atom is 0.168 e. The first-order chi connectivity index (χ1) is 5.20. The van der Waals surface area contributed by atoms with Crippen LogP contribution in [0.1, 0.15) is 13.8 Å². The van der Waals surface area contributed by atoms with Gasteiger partial charge in [0.2, 0.25) is 0 Å². The van der Waals surface area contributed by atoms with Crippen LogP contribution >= 0.6 is 0 Å². The van der Waals surface area contributed by atoms with Gasteiger partial charge in [0.05, 0.1) is 0 Å². The third-order valence-electron chi connectivity index (χ3n) is 1.43. The minimum absolute atomic E-state index is 0.124. The molecule has 1 heteroatoms. The Morgan fingerprint density at radius 1 is 1.55 bits per heavy atom. The van der Waals surface area contributed by atoms with Crippen LogP contribution in [0.25, 0.3) is 0 Å². The third-order valence-corrected chi connectivity index (χ3v) is 1.43. The highest BCUT2D eigenvalue weighted by Gasteiger charge is 1.99. The predicted molar refractivity (Wildman–Crippen MR) is 43.4 cm³/mol. The average molecular weight is 148 g/mol. The first kappa shape index (κ1) is 7.85. The Bertz CT molecular complexity index is 303. The minimum Gasteiger partial charge on any atom is -0.197 e. The molecular formula is C10H9F. The fourth-order valence-electron chi connectivity index (χ4n) is 0.876. The molecule has 1 atom stereocenters. The van der Waals surface area contributed by atoms with E-state index in [1.807, 2.05) is 6.92 Å². The van der Waals surface area contributed by atoms with E-state index < -0.39 is 0 Å². The van der Waals surface area contributed by atoms with Crippen molar-refractivity contribution in [2.24, 2.45) is 5.92 Å². The molecule has 0 amide bonds. The van der Waals surface area contributed by atoms with Gasteiger partial charge in [-0.3, -0.25) is 0 Å². The van der Waals surface area contributed by atoms with E-state index in [1.54, 1.807) is 13.0 Å². The highest BCUT2D eigenvalue weighted by atomic mass is 19.1. The van der Waals surface area contributed by atoms with E-state index in [1.165, 1.54) is 6.08 Å². The molecule has 0 N–H and O–H groups in total. The van der Waals surface area contributed by atoms with E-state index in [-0.39, 0.29) is 11.7 Å². The van der Waals surface area contributed by atoms with Crippen LogP contribution in [0.3, 0.4) is 0 Å². The van der Waals surface area contributed by atoms with Crippen molar-refractivity contribution in [3.63, 3.8) is 0 Å². The van der Waals surface area contributed by atoms with Gasteiger partial charge in [-0.1, -0.05) is 23.6 Å². The molecule has 1 aliphatic carbocycles. The van der Waals surface area contributed by atoms with Gasteiger partial charge < -0.3 is 0 Å². The second-order valence-corrected chi connectivity index (χ2v) is 2.53. The summed E-state index contributed by atoms with van der Waals surface area (Å²) < 4.78 is 12.8. The summed E-state index contributed by atoms with van der Waals surface area (Å²) >= 11 is 0. The molecule has 1 aliphatic rings. The average Bonchev–Trinajstić information content (AvgIpc) is 1.95. The highest BCUT2D eigenvalue weighted by Crippen LogP contribution is 2.12. The van der Waals surface area contributed by atoms with Gasteiger partial charge >= 0.3 is 0 Å². The molecule has 0 heterocycles. The first-order valence-electron chi connectivity index (χ1n) is 3.50. The van der Waals surface area contributed by atoms with Gasteiger partial charge in [-0.05, 0) is 19.4 Å². The quantitative estimate of drug-likeness (QED) is 0.366. The smallest absolute Gasteiger partial charge is 0.168 e. The van der Waals surface area contributed by atoms with Crippen molar-refractivity contribution < 1.29 is 4.39 Å². The van der Waals surface area contributed by atoms with E-state index >= 15 is 0 Å². The van der Waals surface area contributed by atoms with E-state index in [0.29, 0.717) is 5.57 Å². The van der Waals surface area contributed by atoms with Gasteiger partial charge in [0.25, 0.3) is 0 Å². The molecule has 0 aromatic rings. The van der Waals surface area contributed by atoms with Gasteiger partial charge in [-0.15, -0.1) is 0 Å². The SMILES string of the molecule is C/C1=C/C(C)C#CC=C=C1F. The van der Waals surface area contributed by atoms with Gasteiger partial charge in [-0.25, -0.2) is 0 Å². The molecule has 0 radical (unpaired) electrons. The van der Waals surface area contributed by atoms with Crippen LogP contribution in [0.4, 0.5) is 4.39 Å². The first-order valence-corrected chi connectivity index (χ1v) is 3.50. The zero-order valence-electron chi connectivity index (χ0n) is 6.61. The van der Waals surface area contributed by atoms with Crippen LogP contribution in [0.2, 0.25) is 0 Å². The fraction of sp³-hybridized carbons (Fsp3) is 0.300. The lowest BCUT2D eigenvalue weighted by Gasteiger charge is -1.98. The standard InChI is InChI=1S/C10H9F/c1-8-5-3-4-6-10(11)9(2)7-8/h4,7-8H,1-2H3/b9-7-. The highest BCUT2D eigenvalue weighted by molar-refractivity contribution is 5.31. The van der Waals surface area contributed by atoms with Crippen molar-refractivity contribution in [3.8, 4) is 11.8 Å². The van der Waals surface area contributed by atoms with Gasteiger partial charge in [0.15, 0.2) is 5.83 Å². The zero-order chi connectivity index (χ0) is 8.27. The summed E-state index contributed by atoms with van der Waals surface area (Å²) in [4.78, 5) is 0. The molecule has 0 saturated heterocycles. The Hall–Kier alpha value is -1.25. The van der Waals surface area contributed by atoms with Gasteiger partial charge in [-0.2, -0.15) is 4.39 Å². The van der Waals surface area contributed by atoms with Crippen LogP contribution in [-0.4, -0.2) is 0 Å². The molecule has 1 rings (SSSR count). The number of halogens is 1. The van der Waals surface area contributed by atoms with Crippen molar-refractivity contribution in [1.82, 2.24) is 0 Å². The molecule has 0 aliphatic heterocycles. The van der Waals surface area contributed by atoms with E-state index in [0.717, 1.165) is 0 Å². The van der Waals surface area contributed by atoms with E-state index in [4.69, 9.17) is 0 Å². The molecule has 0 aromatic heterocycles. The second kappa shape index (κ2) is 3.23. The summed E-state index contributed by atoms with van der Waals surface area (Å²) in [5, 5.41) is 0. The normalized spacial score (nSPS) is 27.0. The van der Waals surface area contributed by atoms with Crippen molar-refractivity contribution in [3.05, 3.63) is 29.3 Å².